The van der Waals surface area contributed by atoms with Crippen molar-refractivity contribution in [3.05, 3.63) is 81.6 Å². The Balaban J connectivity index is 1.58. The van der Waals surface area contributed by atoms with Crippen LogP contribution >= 0.6 is 0 Å². The monoisotopic (exact) mass is 447 g/mol. The Morgan fingerprint density at radius 3 is 2.72 bits per heavy atom. The lowest BCUT2D eigenvalue weighted by Gasteiger charge is -2.07. The average Bonchev–Trinajstić information content (AvgIpc) is 3.21. The summed E-state index contributed by atoms with van der Waals surface area (Å²) in [7, 11) is 0. The molecule has 0 bridgehead atoms. The van der Waals surface area contributed by atoms with E-state index in [-0.39, 0.29) is 28.5 Å². The molecule has 8 nitrogen and oxygen atoms in total. The topological polar surface area (TPSA) is 107 Å². The minimum absolute atomic E-state index is 0.0588. The van der Waals surface area contributed by atoms with Gasteiger partial charge in [0.05, 0.1) is 16.7 Å². The first-order valence-corrected chi connectivity index (χ1v) is 9.10. The van der Waals surface area contributed by atoms with Crippen molar-refractivity contribution in [2.45, 2.75) is 13.1 Å². The molecule has 1 aromatic heterocycles. The molecule has 32 heavy (non-hydrogen) atoms. The molecule has 0 spiro atoms. The third-order valence-corrected chi connectivity index (χ3v) is 4.15. The second-order valence-electron chi connectivity index (χ2n) is 6.59. The van der Waals surface area contributed by atoms with Crippen LogP contribution in [0.4, 0.5) is 18.9 Å². The standard InChI is InChI=1S/C21H16F3N3O5/c1-13-5-7-19(17(9-13)27(29)30)31-12-20(28)26-25-11-16-6-8-18(32-16)14-3-2-4-15(10-14)21(22,23)24/h2-11H,12H2,1H3,(H,26,28)/b25-11+. The highest BCUT2D eigenvalue weighted by Crippen LogP contribution is 2.32. The lowest BCUT2D eigenvalue weighted by Crippen LogP contribution is -2.24. The molecular formula is C21H16F3N3O5. The van der Waals surface area contributed by atoms with E-state index in [9.17, 15) is 28.1 Å². The molecule has 1 heterocycles. The van der Waals surface area contributed by atoms with Gasteiger partial charge in [0.1, 0.15) is 11.5 Å². The molecule has 0 saturated carbocycles. The Hall–Kier alpha value is -4.15. The zero-order valence-corrected chi connectivity index (χ0v) is 16.6. The third kappa shape index (κ3) is 5.72. The van der Waals surface area contributed by atoms with Gasteiger partial charge in [-0.3, -0.25) is 14.9 Å². The van der Waals surface area contributed by atoms with E-state index in [0.717, 1.165) is 18.3 Å². The number of halogens is 3. The number of hydrogen-bond donors (Lipinski definition) is 1. The van der Waals surface area contributed by atoms with Gasteiger partial charge in [0.15, 0.2) is 12.4 Å². The second kappa shape index (κ2) is 9.33. The van der Waals surface area contributed by atoms with E-state index in [1.807, 2.05) is 0 Å². The third-order valence-electron chi connectivity index (χ3n) is 4.15. The SMILES string of the molecule is Cc1ccc(OCC(=O)N/N=C/c2ccc(-c3cccc(C(F)(F)F)c3)o2)c([N+](=O)[O-])c1. The maximum Gasteiger partial charge on any atom is 0.416 e. The molecule has 0 aliphatic carbocycles. The molecule has 0 radical (unpaired) electrons. The number of nitrogens with zero attached hydrogens (tertiary/aromatic N) is 2. The van der Waals surface area contributed by atoms with Gasteiger partial charge >= 0.3 is 11.9 Å². The first kappa shape index (κ1) is 22.5. The van der Waals surface area contributed by atoms with Gasteiger partial charge in [-0.2, -0.15) is 18.3 Å². The summed E-state index contributed by atoms with van der Waals surface area (Å²) in [5.41, 5.74) is 2.00. The smallest absolute Gasteiger partial charge is 0.416 e. The van der Waals surface area contributed by atoms with Crippen LogP contribution in [0.2, 0.25) is 0 Å². The zero-order valence-electron chi connectivity index (χ0n) is 16.6. The molecule has 0 aliphatic heterocycles. The maximum absolute atomic E-state index is 12.8. The van der Waals surface area contributed by atoms with Gasteiger partial charge in [0, 0.05) is 11.6 Å². The number of alkyl halides is 3. The van der Waals surface area contributed by atoms with Crippen molar-refractivity contribution in [1.29, 1.82) is 0 Å². The number of carbonyl (C=O) groups excluding carboxylic acids is 1. The largest absolute Gasteiger partial charge is 0.477 e. The molecule has 0 aliphatic rings. The van der Waals surface area contributed by atoms with E-state index in [4.69, 9.17) is 9.15 Å². The van der Waals surface area contributed by atoms with Crippen molar-refractivity contribution in [2.24, 2.45) is 5.10 Å². The number of nitro benzene ring substituents is 1. The van der Waals surface area contributed by atoms with Crippen LogP contribution in [-0.4, -0.2) is 23.7 Å². The number of ether oxygens (including phenoxy) is 1. The van der Waals surface area contributed by atoms with Crippen LogP contribution in [0.25, 0.3) is 11.3 Å². The van der Waals surface area contributed by atoms with Crippen LogP contribution < -0.4 is 10.2 Å². The highest BCUT2D eigenvalue weighted by Gasteiger charge is 2.30. The fourth-order valence-electron chi connectivity index (χ4n) is 2.66. The van der Waals surface area contributed by atoms with E-state index in [1.165, 1.54) is 36.4 Å². The summed E-state index contributed by atoms with van der Waals surface area (Å²) >= 11 is 0. The Morgan fingerprint density at radius 1 is 1.22 bits per heavy atom. The van der Waals surface area contributed by atoms with Crippen molar-refractivity contribution >= 4 is 17.8 Å². The molecule has 1 N–H and O–H groups in total. The van der Waals surface area contributed by atoms with E-state index in [1.54, 1.807) is 13.0 Å². The van der Waals surface area contributed by atoms with E-state index >= 15 is 0 Å². The number of hydrogen-bond acceptors (Lipinski definition) is 6. The number of hydrazone groups is 1. The van der Waals surface area contributed by atoms with E-state index < -0.39 is 29.2 Å². The highest BCUT2D eigenvalue weighted by molar-refractivity contribution is 5.81. The molecule has 3 rings (SSSR count). The van der Waals surface area contributed by atoms with Gasteiger partial charge in [0.25, 0.3) is 5.91 Å². The molecule has 2 aromatic carbocycles. The number of rotatable bonds is 7. The Morgan fingerprint density at radius 2 is 2.00 bits per heavy atom. The van der Waals surface area contributed by atoms with Crippen LogP contribution in [0.15, 0.2) is 64.1 Å². The quantitative estimate of drug-likeness (QED) is 0.321. The fourth-order valence-corrected chi connectivity index (χ4v) is 2.66. The van der Waals surface area contributed by atoms with Crippen LogP contribution in [0, 0.1) is 17.0 Å². The first-order valence-electron chi connectivity index (χ1n) is 9.10. The van der Waals surface area contributed by atoms with Gasteiger partial charge < -0.3 is 9.15 Å². The lowest BCUT2D eigenvalue weighted by atomic mass is 10.1. The molecule has 0 fully saturated rings. The van der Waals surface area contributed by atoms with Crippen molar-refractivity contribution in [3.8, 4) is 17.1 Å². The average molecular weight is 447 g/mol. The van der Waals surface area contributed by atoms with Gasteiger partial charge in [-0.05, 0) is 42.8 Å². The summed E-state index contributed by atoms with van der Waals surface area (Å²) in [4.78, 5) is 22.3. The van der Waals surface area contributed by atoms with Crippen molar-refractivity contribution in [3.63, 3.8) is 0 Å². The molecule has 3 aromatic rings. The number of nitro groups is 1. The van der Waals surface area contributed by atoms with Gasteiger partial charge in [-0.1, -0.05) is 18.2 Å². The minimum Gasteiger partial charge on any atom is -0.477 e. The maximum atomic E-state index is 12.8. The van der Waals surface area contributed by atoms with Crippen molar-refractivity contribution in [1.82, 2.24) is 5.43 Å². The zero-order chi connectivity index (χ0) is 23.3. The normalized spacial score (nSPS) is 11.5. The van der Waals surface area contributed by atoms with Crippen LogP contribution in [-0.2, 0) is 11.0 Å². The fraction of sp³-hybridized carbons (Fsp3) is 0.143. The second-order valence-corrected chi connectivity index (χ2v) is 6.59. The van der Waals surface area contributed by atoms with E-state index in [2.05, 4.69) is 10.5 Å². The summed E-state index contributed by atoms with van der Waals surface area (Å²) in [6.45, 7) is 1.17. The molecule has 0 unspecified atom stereocenters. The predicted molar refractivity (Wildman–Crippen MR) is 108 cm³/mol. The van der Waals surface area contributed by atoms with Gasteiger partial charge in [-0.25, -0.2) is 5.43 Å². The van der Waals surface area contributed by atoms with Crippen molar-refractivity contribution in [2.75, 3.05) is 6.61 Å². The number of amides is 1. The Bertz CT molecular complexity index is 1170. The Labute approximate surface area is 179 Å². The van der Waals surface area contributed by atoms with Gasteiger partial charge in [-0.15, -0.1) is 0 Å². The molecule has 166 valence electrons. The molecular weight excluding hydrogens is 431 g/mol. The molecule has 11 heteroatoms. The molecule has 0 atom stereocenters. The van der Waals surface area contributed by atoms with Gasteiger partial charge in [0.2, 0.25) is 0 Å². The number of carbonyl (C=O) groups is 1. The predicted octanol–water partition coefficient (Wildman–Crippen LogP) is 4.71. The summed E-state index contributed by atoms with van der Waals surface area (Å²) in [5.74, 6) is -0.357. The molecule has 1 amide bonds. The highest BCUT2D eigenvalue weighted by atomic mass is 19.4. The summed E-state index contributed by atoms with van der Waals surface area (Å²) in [6.07, 6.45) is -3.32. The summed E-state index contributed by atoms with van der Waals surface area (Å²) in [6, 6.07) is 11.9. The number of aryl methyl sites for hydroxylation is 1. The summed E-state index contributed by atoms with van der Waals surface area (Å²) < 4.78 is 49.1. The summed E-state index contributed by atoms with van der Waals surface area (Å²) in [5, 5.41) is 14.7. The Kier molecular flexibility index (Phi) is 6.57. The van der Waals surface area contributed by atoms with Crippen molar-refractivity contribution < 1.29 is 32.0 Å². The molecule has 0 saturated heterocycles. The number of nitrogens with one attached hydrogen (secondary N) is 1. The number of furan rings is 1. The van der Waals surface area contributed by atoms with Crippen LogP contribution in [0.3, 0.4) is 0 Å². The van der Waals surface area contributed by atoms with Crippen LogP contribution in [0.5, 0.6) is 5.75 Å². The first-order chi connectivity index (χ1) is 15.1. The van der Waals surface area contributed by atoms with E-state index in [0.29, 0.717) is 5.56 Å². The number of benzene rings is 2. The lowest BCUT2D eigenvalue weighted by molar-refractivity contribution is -0.385. The van der Waals surface area contributed by atoms with Crippen LogP contribution in [0.1, 0.15) is 16.9 Å². The minimum atomic E-state index is -4.47.